The maximum Gasteiger partial charge on any atom is 0.252 e. The molecule has 0 N–H and O–H groups in total. The average Bonchev–Trinajstić information content (AvgIpc) is 3.38. The van der Waals surface area contributed by atoms with E-state index in [1.54, 1.807) is 0 Å². The van der Waals surface area contributed by atoms with Crippen LogP contribution < -0.4 is 26.2 Å². The molecule has 2 heterocycles. The maximum absolute atomic E-state index is 2.65. The zero-order valence-electron chi connectivity index (χ0n) is 40.0. The van der Waals surface area contributed by atoms with Crippen molar-refractivity contribution in [2.24, 2.45) is 0 Å². The summed E-state index contributed by atoms with van der Waals surface area (Å²) in [6, 6.07) is 64.1. The van der Waals surface area contributed by atoms with E-state index < -0.39 is 0 Å². The van der Waals surface area contributed by atoms with Crippen molar-refractivity contribution in [2.75, 3.05) is 9.80 Å². The third-order valence-electron chi connectivity index (χ3n) is 14.9. The van der Waals surface area contributed by atoms with Crippen molar-refractivity contribution >= 4 is 89.5 Å². The number of unbranched alkanes of at least 4 members (excludes halogenated alkanes) is 4. The van der Waals surface area contributed by atoms with E-state index in [0.29, 0.717) is 0 Å². The Morgan fingerprint density at radius 2 is 0.791 bits per heavy atom. The Morgan fingerprint density at radius 1 is 0.343 bits per heavy atom. The molecule has 2 aliphatic rings. The second-order valence-corrected chi connectivity index (χ2v) is 19.4. The number of rotatable bonds is 15. The standard InChI is InChI=1S/C64H63BN2/c1-5-9-18-44-28-34-49(35-29-44)66-60-38-31-46(20-11-7-3)41-57(60)65-58-42-47(21-12-8-4)32-39-61(58)67(63-27-17-26-62(66)64(63)65)59-37-30-45(19-10-6-2)40-55(59)48-33-36-54-52-24-14-13-22-50(52)51-23-15-16-25-53(51)56(54)43-48/h13-17,22-43H,5-12,18-21H2,1-4H3. The molecule has 67 heavy (non-hydrogen) atoms. The van der Waals surface area contributed by atoms with E-state index in [9.17, 15) is 0 Å². The van der Waals surface area contributed by atoms with Crippen molar-refractivity contribution in [1.82, 2.24) is 0 Å². The van der Waals surface area contributed by atoms with Gasteiger partial charge in [-0.05, 0) is 182 Å². The smallest absolute Gasteiger partial charge is 0.252 e. The van der Waals surface area contributed by atoms with Gasteiger partial charge in [-0.15, -0.1) is 0 Å². The first-order chi connectivity index (χ1) is 33.1. The van der Waals surface area contributed by atoms with Crippen molar-refractivity contribution in [3.05, 3.63) is 186 Å². The highest BCUT2D eigenvalue weighted by Gasteiger charge is 2.43. The van der Waals surface area contributed by atoms with E-state index >= 15 is 0 Å². The molecule has 0 unspecified atom stereocenters. The third-order valence-corrected chi connectivity index (χ3v) is 14.9. The topological polar surface area (TPSA) is 6.48 Å². The molecule has 0 saturated heterocycles. The maximum atomic E-state index is 2.65. The van der Waals surface area contributed by atoms with Gasteiger partial charge in [0.2, 0.25) is 0 Å². The minimum atomic E-state index is 0.100. The molecule has 0 spiro atoms. The van der Waals surface area contributed by atoms with E-state index in [4.69, 9.17) is 0 Å². The summed E-state index contributed by atoms with van der Waals surface area (Å²) in [5, 5.41) is 7.85. The van der Waals surface area contributed by atoms with E-state index in [0.717, 1.165) is 25.7 Å². The van der Waals surface area contributed by atoms with E-state index in [2.05, 4.69) is 201 Å². The first-order valence-electron chi connectivity index (χ1n) is 25.6. The summed E-state index contributed by atoms with van der Waals surface area (Å²) in [5.74, 6) is 0. The predicted octanol–water partition coefficient (Wildman–Crippen LogP) is 16.3. The highest BCUT2D eigenvalue weighted by Crippen LogP contribution is 2.48. The van der Waals surface area contributed by atoms with Crippen LogP contribution in [0, 0.1) is 0 Å². The fraction of sp³-hybridized carbons (Fsp3) is 0.250. The monoisotopic (exact) mass is 871 g/mol. The summed E-state index contributed by atoms with van der Waals surface area (Å²) in [6.45, 7) is 9.31. The largest absolute Gasteiger partial charge is 0.311 e. The summed E-state index contributed by atoms with van der Waals surface area (Å²) in [5.41, 5.74) is 20.0. The summed E-state index contributed by atoms with van der Waals surface area (Å²) in [4.78, 5) is 5.23. The lowest BCUT2D eigenvalue weighted by atomic mass is 9.33. The molecule has 2 aliphatic heterocycles. The second-order valence-electron chi connectivity index (χ2n) is 19.4. The Morgan fingerprint density at radius 3 is 1.34 bits per heavy atom. The highest BCUT2D eigenvalue weighted by atomic mass is 15.2. The molecule has 0 amide bonds. The van der Waals surface area contributed by atoms with Crippen LogP contribution in [0.25, 0.3) is 43.4 Å². The average molecular weight is 871 g/mol. The molecular formula is C64H63BN2. The summed E-state index contributed by atoms with van der Waals surface area (Å²) < 4.78 is 0. The van der Waals surface area contributed by atoms with Crippen molar-refractivity contribution in [3.8, 4) is 11.1 Å². The lowest BCUT2D eigenvalue weighted by Crippen LogP contribution is -2.61. The van der Waals surface area contributed by atoms with Crippen LogP contribution >= 0.6 is 0 Å². The van der Waals surface area contributed by atoms with Gasteiger partial charge in [-0.1, -0.05) is 163 Å². The Balaban J connectivity index is 1.17. The van der Waals surface area contributed by atoms with Crippen LogP contribution in [0.4, 0.5) is 34.1 Å². The fourth-order valence-electron chi connectivity index (χ4n) is 11.5. The summed E-state index contributed by atoms with van der Waals surface area (Å²) >= 11 is 0. The number of hydrogen-bond acceptors (Lipinski definition) is 2. The first kappa shape index (κ1) is 43.0. The molecule has 0 aromatic heterocycles. The molecule has 0 aliphatic carbocycles. The third kappa shape index (κ3) is 7.71. The predicted molar refractivity (Wildman–Crippen MR) is 293 cm³/mol. The SMILES string of the molecule is CCCCc1ccc(N2c3ccc(CCCC)cc3B3c4cc(CCCC)ccc4N(c4ccc(CCCC)cc4-c4ccc5c6ccccc6c6ccccc6c5c4)c4cccc2c43)cc1. The molecule has 9 aromatic carbocycles. The Hall–Kier alpha value is -6.58. The number of benzene rings is 9. The van der Waals surface area contributed by atoms with Gasteiger partial charge in [0.05, 0.1) is 5.69 Å². The number of anilines is 6. The zero-order valence-corrected chi connectivity index (χ0v) is 40.0. The van der Waals surface area contributed by atoms with Crippen molar-refractivity contribution in [2.45, 2.75) is 105 Å². The Bertz CT molecular complexity index is 3240. The van der Waals surface area contributed by atoms with Gasteiger partial charge >= 0.3 is 0 Å². The van der Waals surface area contributed by atoms with Gasteiger partial charge in [0.1, 0.15) is 0 Å². The van der Waals surface area contributed by atoms with Crippen LogP contribution in [-0.2, 0) is 25.7 Å². The molecule has 0 fully saturated rings. The normalized spacial score (nSPS) is 12.8. The van der Waals surface area contributed by atoms with Crippen LogP contribution in [-0.4, -0.2) is 6.71 Å². The van der Waals surface area contributed by atoms with Crippen LogP contribution in [0.2, 0.25) is 0 Å². The lowest BCUT2D eigenvalue weighted by molar-refractivity contribution is 0.795. The summed E-state index contributed by atoms with van der Waals surface area (Å²) in [7, 11) is 0. The molecule has 0 atom stereocenters. The van der Waals surface area contributed by atoms with Crippen molar-refractivity contribution < 1.29 is 0 Å². The minimum Gasteiger partial charge on any atom is -0.311 e. The van der Waals surface area contributed by atoms with Gasteiger partial charge in [-0.2, -0.15) is 0 Å². The van der Waals surface area contributed by atoms with Crippen LogP contribution in [0.15, 0.2) is 164 Å². The van der Waals surface area contributed by atoms with E-state index in [1.165, 1.54) is 168 Å². The van der Waals surface area contributed by atoms with Gasteiger partial charge in [0, 0.05) is 34.0 Å². The zero-order chi connectivity index (χ0) is 45.4. The van der Waals surface area contributed by atoms with Crippen LogP contribution in [0.5, 0.6) is 0 Å². The van der Waals surface area contributed by atoms with Crippen LogP contribution in [0.3, 0.4) is 0 Å². The van der Waals surface area contributed by atoms with Crippen molar-refractivity contribution in [3.63, 3.8) is 0 Å². The molecular weight excluding hydrogens is 808 g/mol. The fourth-order valence-corrected chi connectivity index (χ4v) is 11.5. The van der Waals surface area contributed by atoms with Crippen LogP contribution in [0.1, 0.15) is 101 Å². The van der Waals surface area contributed by atoms with E-state index in [-0.39, 0.29) is 6.71 Å². The van der Waals surface area contributed by atoms with Gasteiger partial charge in [0.25, 0.3) is 6.71 Å². The minimum absolute atomic E-state index is 0.100. The molecule has 332 valence electrons. The molecule has 3 heteroatoms. The first-order valence-corrected chi connectivity index (χ1v) is 25.6. The second kappa shape index (κ2) is 18.6. The van der Waals surface area contributed by atoms with Crippen molar-refractivity contribution in [1.29, 1.82) is 0 Å². The molecule has 9 aromatic rings. The van der Waals surface area contributed by atoms with Gasteiger partial charge in [0.15, 0.2) is 0 Å². The lowest BCUT2D eigenvalue weighted by Gasteiger charge is -2.44. The molecule has 2 nitrogen and oxygen atoms in total. The van der Waals surface area contributed by atoms with Gasteiger partial charge < -0.3 is 9.80 Å². The molecule has 0 radical (unpaired) electrons. The number of hydrogen-bond donors (Lipinski definition) is 0. The Labute approximate surface area is 399 Å². The highest BCUT2D eigenvalue weighted by molar-refractivity contribution is 7.00. The quantitative estimate of drug-likeness (QED) is 0.0748. The van der Waals surface area contributed by atoms with E-state index in [1.807, 2.05) is 0 Å². The molecule has 0 saturated carbocycles. The Kier molecular flexibility index (Phi) is 11.9. The van der Waals surface area contributed by atoms with Gasteiger partial charge in [-0.3, -0.25) is 0 Å². The summed E-state index contributed by atoms with van der Waals surface area (Å²) in [6.07, 6.45) is 13.9. The molecule has 11 rings (SSSR count). The number of aryl methyl sites for hydroxylation is 4. The molecule has 0 bridgehead atoms. The number of nitrogens with zero attached hydrogens (tertiary/aromatic N) is 2. The number of fused-ring (bicyclic) bond motifs is 10. The van der Waals surface area contributed by atoms with Gasteiger partial charge in [-0.25, -0.2) is 0 Å².